The first-order valence-electron chi connectivity index (χ1n) is 6.07. The molecular formula is C14H18Br2FNO. The van der Waals surface area contributed by atoms with Crippen molar-refractivity contribution in [2.75, 3.05) is 5.33 Å². The number of alkyl halides is 1. The summed E-state index contributed by atoms with van der Waals surface area (Å²) in [5.74, 6) is -0.673. The highest BCUT2D eigenvalue weighted by atomic mass is 79.9. The van der Waals surface area contributed by atoms with Gasteiger partial charge in [0.2, 0.25) is 0 Å². The fourth-order valence-corrected chi connectivity index (χ4v) is 2.62. The van der Waals surface area contributed by atoms with Crippen molar-refractivity contribution in [1.82, 2.24) is 5.32 Å². The number of nitrogens with one attached hydrogen (secondary N) is 1. The number of halogens is 3. The second-order valence-electron chi connectivity index (χ2n) is 5.49. The van der Waals surface area contributed by atoms with Crippen LogP contribution in [0.25, 0.3) is 0 Å². The van der Waals surface area contributed by atoms with Crippen molar-refractivity contribution in [3.05, 3.63) is 34.1 Å². The van der Waals surface area contributed by atoms with Gasteiger partial charge in [-0.2, -0.15) is 0 Å². The molecule has 1 atom stereocenters. The molecule has 0 aliphatic heterocycles. The predicted octanol–water partition coefficient (Wildman–Crippen LogP) is 4.52. The van der Waals surface area contributed by atoms with Gasteiger partial charge >= 0.3 is 0 Å². The molecule has 0 spiro atoms. The number of amides is 1. The van der Waals surface area contributed by atoms with Gasteiger partial charge in [-0.05, 0) is 46.0 Å². The number of rotatable bonds is 4. The minimum Gasteiger partial charge on any atom is -0.349 e. The van der Waals surface area contributed by atoms with Crippen LogP contribution in [-0.2, 0) is 0 Å². The van der Waals surface area contributed by atoms with E-state index in [1.165, 1.54) is 12.1 Å². The average molecular weight is 395 g/mol. The third-order valence-corrected chi connectivity index (χ3v) is 4.07. The summed E-state index contributed by atoms with van der Waals surface area (Å²) in [6, 6.07) is 4.13. The zero-order valence-electron chi connectivity index (χ0n) is 11.3. The zero-order valence-corrected chi connectivity index (χ0v) is 14.4. The lowest BCUT2D eigenvalue weighted by Gasteiger charge is -2.31. The number of carbonyl (C=O) groups excluding carboxylic acids is 1. The molecule has 1 amide bonds. The van der Waals surface area contributed by atoms with E-state index in [4.69, 9.17) is 0 Å². The molecule has 0 aromatic heterocycles. The summed E-state index contributed by atoms with van der Waals surface area (Å²) >= 11 is 6.67. The van der Waals surface area contributed by atoms with E-state index in [9.17, 15) is 9.18 Å². The molecule has 1 rings (SSSR count). The first-order valence-corrected chi connectivity index (χ1v) is 7.99. The van der Waals surface area contributed by atoms with Gasteiger partial charge in [-0.25, -0.2) is 4.39 Å². The highest BCUT2D eigenvalue weighted by Gasteiger charge is 2.26. The molecule has 1 N–H and O–H groups in total. The Morgan fingerprint density at radius 1 is 1.42 bits per heavy atom. The van der Waals surface area contributed by atoms with Crippen LogP contribution in [0.15, 0.2) is 22.7 Å². The molecule has 0 bridgehead atoms. The van der Waals surface area contributed by atoms with Gasteiger partial charge in [0.05, 0.1) is 5.56 Å². The lowest BCUT2D eigenvalue weighted by Crippen LogP contribution is -2.44. The van der Waals surface area contributed by atoms with Crippen molar-refractivity contribution < 1.29 is 9.18 Å². The monoisotopic (exact) mass is 393 g/mol. The molecule has 106 valence electrons. The fraction of sp³-hybridized carbons (Fsp3) is 0.500. The fourth-order valence-electron chi connectivity index (χ4n) is 1.74. The minimum atomic E-state index is -0.416. The van der Waals surface area contributed by atoms with Crippen LogP contribution in [0.2, 0.25) is 0 Å². The molecule has 0 radical (unpaired) electrons. The Morgan fingerprint density at radius 3 is 2.58 bits per heavy atom. The van der Waals surface area contributed by atoms with Gasteiger partial charge < -0.3 is 5.32 Å². The van der Waals surface area contributed by atoms with Crippen LogP contribution in [-0.4, -0.2) is 17.3 Å². The highest BCUT2D eigenvalue weighted by Crippen LogP contribution is 2.24. The lowest BCUT2D eigenvalue weighted by atomic mass is 9.85. The third kappa shape index (κ3) is 4.88. The van der Waals surface area contributed by atoms with Gasteiger partial charge in [0, 0.05) is 15.8 Å². The van der Waals surface area contributed by atoms with E-state index in [0.717, 1.165) is 11.8 Å². The standard InChI is InChI=1S/C14H18Br2FNO/c1-14(2,3)12(6-7-15)18-13(19)10-8-9(17)4-5-11(10)16/h4-5,8,12H,6-7H2,1-3H3,(H,18,19). The lowest BCUT2D eigenvalue weighted by molar-refractivity contribution is 0.0899. The second kappa shape index (κ2) is 6.84. The van der Waals surface area contributed by atoms with E-state index in [1.54, 1.807) is 6.07 Å². The molecule has 0 aliphatic rings. The van der Waals surface area contributed by atoms with Crippen molar-refractivity contribution in [2.45, 2.75) is 33.2 Å². The van der Waals surface area contributed by atoms with E-state index in [2.05, 4.69) is 57.9 Å². The maximum absolute atomic E-state index is 13.2. The number of carbonyl (C=O) groups is 1. The highest BCUT2D eigenvalue weighted by molar-refractivity contribution is 9.10. The van der Waals surface area contributed by atoms with Crippen LogP contribution in [0.1, 0.15) is 37.6 Å². The smallest absolute Gasteiger partial charge is 0.252 e. The van der Waals surface area contributed by atoms with Gasteiger partial charge in [-0.1, -0.05) is 36.7 Å². The summed E-state index contributed by atoms with van der Waals surface area (Å²) in [5.41, 5.74) is 0.271. The molecule has 0 heterocycles. The maximum atomic E-state index is 13.2. The maximum Gasteiger partial charge on any atom is 0.252 e. The summed E-state index contributed by atoms with van der Waals surface area (Å²) in [6.45, 7) is 6.21. The van der Waals surface area contributed by atoms with E-state index in [0.29, 0.717) is 10.0 Å². The van der Waals surface area contributed by atoms with Crippen molar-refractivity contribution in [2.24, 2.45) is 5.41 Å². The summed E-state index contributed by atoms with van der Waals surface area (Å²) in [4.78, 5) is 12.2. The predicted molar refractivity (Wildman–Crippen MR) is 83.2 cm³/mol. The van der Waals surface area contributed by atoms with Gasteiger partial charge in [-0.3, -0.25) is 4.79 Å². The van der Waals surface area contributed by atoms with Crippen LogP contribution in [0.5, 0.6) is 0 Å². The first kappa shape index (κ1) is 16.6. The second-order valence-corrected chi connectivity index (χ2v) is 7.14. The Kier molecular flexibility index (Phi) is 5.99. The van der Waals surface area contributed by atoms with Crippen LogP contribution >= 0.6 is 31.9 Å². The van der Waals surface area contributed by atoms with Crippen molar-refractivity contribution in [1.29, 1.82) is 0 Å². The minimum absolute atomic E-state index is 0.0227. The zero-order chi connectivity index (χ0) is 14.6. The summed E-state index contributed by atoms with van der Waals surface area (Å²) < 4.78 is 13.8. The van der Waals surface area contributed by atoms with Gasteiger partial charge in [0.1, 0.15) is 5.82 Å². The molecule has 1 unspecified atom stereocenters. The van der Waals surface area contributed by atoms with Gasteiger partial charge in [0.15, 0.2) is 0 Å². The first-order chi connectivity index (χ1) is 8.75. The molecule has 1 aromatic carbocycles. The molecule has 0 fully saturated rings. The molecule has 0 saturated heterocycles. The molecule has 19 heavy (non-hydrogen) atoms. The normalized spacial score (nSPS) is 13.2. The molecule has 0 aliphatic carbocycles. The molecule has 5 heteroatoms. The van der Waals surface area contributed by atoms with Crippen LogP contribution in [0, 0.1) is 11.2 Å². The van der Waals surface area contributed by atoms with E-state index in [1.807, 2.05) is 0 Å². The Hall–Kier alpha value is -0.420. The van der Waals surface area contributed by atoms with Crippen LogP contribution in [0.4, 0.5) is 4.39 Å². The molecule has 1 aromatic rings. The average Bonchev–Trinajstić information content (AvgIpc) is 2.30. The van der Waals surface area contributed by atoms with Crippen molar-refractivity contribution in [3.8, 4) is 0 Å². The topological polar surface area (TPSA) is 29.1 Å². The van der Waals surface area contributed by atoms with Gasteiger partial charge in [0.25, 0.3) is 5.91 Å². The van der Waals surface area contributed by atoms with Crippen molar-refractivity contribution >= 4 is 37.8 Å². The van der Waals surface area contributed by atoms with Crippen LogP contribution < -0.4 is 5.32 Å². The molecule has 0 saturated carbocycles. The number of benzene rings is 1. The van der Waals surface area contributed by atoms with Crippen LogP contribution in [0.3, 0.4) is 0 Å². The van der Waals surface area contributed by atoms with Crippen molar-refractivity contribution in [3.63, 3.8) is 0 Å². The Balaban J connectivity index is 2.91. The Bertz CT molecular complexity index is 457. The molecule has 2 nitrogen and oxygen atoms in total. The third-order valence-electron chi connectivity index (χ3n) is 2.92. The SMILES string of the molecule is CC(C)(C)C(CCBr)NC(=O)c1cc(F)ccc1Br. The summed E-state index contributed by atoms with van der Waals surface area (Å²) in [5, 5.41) is 3.78. The largest absolute Gasteiger partial charge is 0.349 e. The van der Waals surface area contributed by atoms with E-state index >= 15 is 0 Å². The number of hydrogen-bond acceptors (Lipinski definition) is 1. The Morgan fingerprint density at radius 2 is 2.05 bits per heavy atom. The molecular weight excluding hydrogens is 377 g/mol. The van der Waals surface area contributed by atoms with E-state index in [-0.39, 0.29) is 17.4 Å². The number of hydrogen-bond donors (Lipinski definition) is 1. The summed E-state index contributed by atoms with van der Waals surface area (Å²) in [7, 11) is 0. The van der Waals surface area contributed by atoms with Gasteiger partial charge in [-0.15, -0.1) is 0 Å². The quantitative estimate of drug-likeness (QED) is 0.747. The summed E-state index contributed by atoms with van der Waals surface area (Å²) in [6.07, 6.45) is 0.822. The van der Waals surface area contributed by atoms with E-state index < -0.39 is 5.82 Å². The Labute approximate surface area is 130 Å².